The fourth-order valence-corrected chi connectivity index (χ4v) is 4.62. The van der Waals surface area contributed by atoms with E-state index in [-0.39, 0.29) is 29.2 Å². The molecule has 2 aliphatic heterocycles. The Balaban J connectivity index is 1.65. The minimum absolute atomic E-state index is 0.0709. The third kappa shape index (κ3) is 4.54. The Morgan fingerprint density at radius 3 is 2.68 bits per heavy atom. The number of hydrogen-bond donors (Lipinski definition) is 2. The van der Waals surface area contributed by atoms with E-state index in [2.05, 4.69) is 29.4 Å². The minimum Gasteiger partial charge on any atom is -0.375 e. The molecular weight excluding hydrogens is 318 g/mol. The molecule has 1 aliphatic carbocycles. The van der Waals surface area contributed by atoms with Crippen molar-refractivity contribution < 1.29 is 14.3 Å². The standard InChI is InChI=1S/C19H35N3O3/c1-15-16(20-9-11-24-15)17(23)21-13-19(7-5-4-6-8-19)22-10-12-25-18(2,3)14-22/h15-16,20H,4-14H2,1-3H3,(H,21,23)/t15-,16+/m1/s1. The Kier molecular flexibility index (Phi) is 6.03. The van der Waals surface area contributed by atoms with Crippen molar-refractivity contribution in [3.05, 3.63) is 0 Å². The molecule has 1 saturated carbocycles. The zero-order valence-corrected chi connectivity index (χ0v) is 16.1. The lowest BCUT2D eigenvalue weighted by molar-refractivity contribution is -0.134. The van der Waals surface area contributed by atoms with E-state index >= 15 is 0 Å². The van der Waals surface area contributed by atoms with E-state index in [0.29, 0.717) is 6.61 Å². The third-order valence-corrected chi connectivity index (χ3v) is 6.07. The largest absolute Gasteiger partial charge is 0.375 e. The topological polar surface area (TPSA) is 62.8 Å². The summed E-state index contributed by atoms with van der Waals surface area (Å²) in [5.41, 5.74) is -0.0340. The Morgan fingerprint density at radius 1 is 1.24 bits per heavy atom. The van der Waals surface area contributed by atoms with Crippen LogP contribution in [0.25, 0.3) is 0 Å². The van der Waals surface area contributed by atoms with Gasteiger partial charge in [0.05, 0.1) is 24.9 Å². The lowest BCUT2D eigenvalue weighted by Gasteiger charge is -2.51. The van der Waals surface area contributed by atoms with Crippen LogP contribution in [0.3, 0.4) is 0 Å². The van der Waals surface area contributed by atoms with Gasteiger partial charge in [0.1, 0.15) is 6.04 Å². The first kappa shape index (κ1) is 19.1. The molecular formula is C19H35N3O3. The van der Waals surface area contributed by atoms with E-state index in [1.54, 1.807) is 0 Å². The molecule has 0 radical (unpaired) electrons. The summed E-state index contributed by atoms with van der Waals surface area (Å²) in [6, 6.07) is -0.240. The van der Waals surface area contributed by atoms with Crippen LogP contribution in [0.4, 0.5) is 0 Å². The monoisotopic (exact) mass is 353 g/mol. The summed E-state index contributed by atoms with van der Waals surface area (Å²) in [6.07, 6.45) is 6.04. The van der Waals surface area contributed by atoms with Gasteiger partial charge < -0.3 is 20.1 Å². The van der Waals surface area contributed by atoms with Crippen molar-refractivity contribution in [3.63, 3.8) is 0 Å². The van der Waals surface area contributed by atoms with E-state index in [0.717, 1.165) is 45.6 Å². The van der Waals surface area contributed by atoms with Crippen molar-refractivity contribution >= 4 is 5.91 Å². The van der Waals surface area contributed by atoms with Crippen molar-refractivity contribution in [3.8, 4) is 0 Å². The Bertz CT molecular complexity index is 463. The molecule has 0 aromatic heterocycles. The Morgan fingerprint density at radius 2 is 2.00 bits per heavy atom. The van der Waals surface area contributed by atoms with Crippen LogP contribution in [-0.2, 0) is 14.3 Å². The average Bonchev–Trinajstić information content (AvgIpc) is 2.60. The van der Waals surface area contributed by atoms with Crippen LogP contribution in [0.15, 0.2) is 0 Å². The van der Waals surface area contributed by atoms with E-state index in [1.807, 2.05) is 6.92 Å². The molecule has 1 amide bonds. The van der Waals surface area contributed by atoms with Gasteiger partial charge in [-0.2, -0.15) is 0 Å². The van der Waals surface area contributed by atoms with Crippen LogP contribution < -0.4 is 10.6 Å². The van der Waals surface area contributed by atoms with E-state index in [4.69, 9.17) is 9.47 Å². The molecule has 0 spiro atoms. The van der Waals surface area contributed by atoms with Gasteiger partial charge in [-0.15, -0.1) is 0 Å². The number of rotatable bonds is 4. The number of amides is 1. The zero-order chi connectivity index (χ0) is 17.9. The first-order valence-corrected chi connectivity index (χ1v) is 9.94. The van der Waals surface area contributed by atoms with Gasteiger partial charge in [0.15, 0.2) is 0 Å². The Hall–Kier alpha value is -0.690. The van der Waals surface area contributed by atoms with E-state index in [1.165, 1.54) is 19.3 Å². The van der Waals surface area contributed by atoms with Gasteiger partial charge in [-0.3, -0.25) is 9.69 Å². The molecule has 0 unspecified atom stereocenters. The maximum Gasteiger partial charge on any atom is 0.239 e. The summed E-state index contributed by atoms with van der Waals surface area (Å²) in [5, 5.41) is 6.54. The first-order valence-electron chi connectivity index (χ1n) is 9.94. The second-order valence-electron chi connectivity index (χ2n) is 8.54. The van der Waals surface area contributed by atoms with Crippen LogP contribution in [0.1, 0.15) is 52.9 Å². The van der Waals surface area contributed by atoms with Gasteiger partial charge in [0.2, 0.25) is 5.91 Å². The molecule has 2 saturated heterocycles. The minimum atomic E-state index is -0.240. The quantitative estimate of drug-likeness (QED) is 0.798. The second-order valence-corrected chi connectivity index (χ2v) is 8.54. The molecule has 2 atom stereocenters. The van der Waals surface area contributed by atoms with Crippen LogP contribution >= 0.6 is 0 Å². The Labute approximate surface area is 152 Å². The van der Waals surface area contributed by atoms with Gasteiger partial charge in [0.25, 0.3) is 0 Å². The van der Waals surface area contributed by atoms with Gasteiger partial charge in [-0.25, -0.2) is 0 Å². The predicted octanol–water partition coefficient (Wildman–Crippen LogP) is 1.29. The first-order chi connectivity index (χ1) is 11.9. The molecule has 3 fully saturated rings. The summed E-state index contributed by atoms with van der Waals surface area (Å²) < 4.78 is 11.5. The number of nitrogens with zero attached hydrogens (tertiary/aromatic N) is 1. The SMILES string of the molecule is C[C@H]1OCCN[C@@H]1C(=O)NCC1(N2CCOC(C)(C)C2)CCCCC1. The molecule has 144 valence electrons. The van der Waals surface area contributed by atoms with Crippen molar-refractivity contribution in [2.45, 2.75) is 76.2 Å². The van der Waals surface area contributed by atoms with Crippen molar-refractivity contribution in [2.24, 2.45) is 0 Å². The number of morpholine rings is 2. The maximum atomic E-state index is 12.7. The summed E-state index contributed by atoms with van der Waals surface area (Å²) in [4.78, 5) is 15.3. The van der Waals surface area contributed by atoms with Gasteiger partial charge >= 0.3 is 0 Å². The van der Waals surface area contributed by atoms with Crippen LogP contribution in [0.2, 0.25) is 0 Å². The van der Waals surface area contributed by atoms with E-state index in [9.17, 15) is 4.79 Å². The highest BCUT2D eigenvalue weighted by molar-refractivity contribution is 5.82. The number of ether oxygens (including phenoxy) is 2. The van der Waals surface area contributed by atoms with Crippen molar-refractivity contribution in [2.75, 3.05) is 39.4 Å². The fraction of sp³-hybridized carbons (Fsp3) is 0.947. The van der Waals surface area contributed by atoms with Crippen LogP contribution in [0, 0.1) is 0 Å². The smallest absolute Gasteiger partial charge is 0.239 e. The molecule has 0 bridgehead atoms. The molecule has 0 aromatic rings. The van der Waals surface area contributed by atoms with E-state index < -0.39 is 0 Å². The molecule has 6 heteroatoms. The summed E-state index contributed by atoms with van der Waals surface area (Å²) in [7, 11) is 0. The molecule has 6 nitrogen and oxygen atoms in total. The molecule has 3 rings (SSSR count). The summed E-state index contributed by atoms with van der Waals surface area (Å²) in [5.74, 6) is 0.0738. The van der Waals surface area contributed by atoms with Crippen molar-refractivity contribution in [1.82, 2.24) is 15.5 Å². The third-order valence-electron chi connectivity index (χ3n) is 6.07. The molecule has 2 heterocycles. The molecule has 0 aromatic carbocycles. The second kappa shape index (κ2) is 7.91. The molecule has 2 N–H and O–H groups in total. The van der Waals surface area contributed by atoms with Gasteiger partial charge in [0, 0.05) is 31.7 Å². The lowest BCUT2D eigenvalue weighted by atomic mass is 9.79. The number of hydrogen-bond acceptors (Lipinski definition) is 5. The maximum absolute atomic E-state index is 12.7. The highest BCUT2D eigenvalue weighted by Crippen LogP contribution is 2.36. The van der Waals surface area contributed by atoms with Crippen molar-refractivity contribution in [1.29, 1.82) is 0 Å². The van der Waals surface area contributed by atoms with Gasteiger partial charge in [-0.1, -0.05) is 19.3 Å². The molecule has 25 heavy (non-hydrogen) atoms. The number of carbonyl (C=O) groups excluding carboxylic acids is 1. The van der Waals surface area contributed by atoms with Crippen LogP contribution in [-0.4, -0.2) is 73.5 Å². The fourth-order valence-electron chi connectivity index (χ4n) is 4.62. The molecule has 3 aliphatic rings. The highest BCUT2D eigenvalue weighted by Gasteiger charge is 2.43. The average molecular weight is 354 g/mol. The number of nitrogens with one attached hydrogen (secondary N) is 2. The summed E-state index contributed by atoms with van der Waals surface area (Å²) in [6.45, 7) is 11.1. The predicted molar refractivity (Wildman–Crippen MR) is 97.6 cm³/mol. The lowest BCUT2D eigenvalue weighted by Crippen LogP contribution is -2.64. The highest BCUT2D eigenvalue weighted by atomic mass is 16.5. The van der Waals surface area contributed by atoms with Gasteiger partial charge in [-0.05, 0) is 33.6 Å². The summed E-state index contributed by atoms with van der Waals surface area (Å²) >= 11 is 0. The normalized spacial score (nSPS) is 32.9. The van der Waals surface area contributed by atoms with Crippen LogP contribution in [0.5, 0.6) is 0 Å². The zero-order valence-electron chi connectivity index (χ0n) is 16.1. The number of carbonyl (C=O) groups is 1.